The van der Waals surface area contributed by atoms with Crippen LogP contribution in [-0.2, 0) is 0 Å². The van der Waals surface area contributed by atoms with Gasteiger partial charge in [-0.1, -0.05) is 0 Å². The van der Waals surface area contributed by atoms with Gasteiger partial charge in [0.05, 0.1) is 18.3 Å². The van der Waals surface area contributed by atoms with Gasteiger partial charge in [-0.2, -0.15) is 5.10 Å². The van der Waals surface area contributed by atoms with Crippen LogP contribution in [0.5, 0.6) is 0 Å². The molecule has 130 valence electrons. The predicted molar refractivity (Wildman–Crippen MR) is 95.0 cm³/mol. The molecule has 2 amide bonds. The molecule has 0 aliphatic heterocycles. The summed E-state index contributed by atoms with van der Waals surface area (Å²) in [5.74, 6) is 0.514. The van der Waals surface area contributed by atoms with Gasteiger partial charge >= 0.3 is 6.03 Å². The Morgan fingerprint density at radius 2 is 2.08 bits per heavy atom. The van der Waals surface area contributed by atoms with Crippen LogP contribution in [0.3, 0.4) is 0 Å². The third kappa shape index (κ3) is 3.95. The molecule has 2 N–H and O–H groups in total. The molecule has 2 atom stereocenters. The summed E-state index contributed by atoms with van der Waals surface area (Å²) in [5, 5.41) is 13.5. The molecule has 2 aromatic rings. The maximum absolute atomic E-state index is 12.4. The molecule has 0 radical (unpaired) electrons. The van der Waals surface area contributed by atoms with E-state index in [1.807, 2.05) is 36.3 Å². The van der Waals surface area contributed by atoms with E-state index in [2.05, 4.69) is 34.6 Å². The lowest BCUT2D eigenvalue weighted by Crippen LogP contribution is -2.39. The number of nitrogens with one attached hydrogen (secondary N) is 2. The zero-order chi connectivity index (χ0) is 17.3. The average Bonchev–Trinajstić information content (AvgIpc) is 3.06. The van der Waals surface area contributed by atoms with Crippen LogP contribution in [0.2, 0.25) is 0 Å². The van der Waals surface area contributed by atoms with Gasteiger partial charge in [0.15, 0.2) is 0 Å². The van der Waals surface area contributed by atoms with Gasteiger partial charge in [0.25, 0.3) is 0 Å². The van der Waals surface area contributed by atoms with Gasteiger partial charge in [-0.05, 0) is 46.5 Å². The molecule has 3 rings (SSSR count). The second-order valence-electron chi connectivity index (χ2n) is 6.83. The number of hydrogen-bond acceptors (Lipinski definition) is 4. The summed E-state index contributed by atoms with van der Waals surface area (Å²) < 4.78 is 1.90. The van der Waals surface area contributed by atoms with Gasteiger partial charge in [-0.15, -0.1) is 11.3 Å². The molecule has 0 saturated heterocycles. The number of nitrogens with zero attached hydrogens (tertiary/aromatic N) is 3. The SMILES string of the molecule is Cc1csc([C@H](NC(=O)N[C@H](C)c2cnn(C(C)C)c2)C2CC2)n1. The Labute approximate surface area is 146 Å². The number of aryl methyl sites for hydroxylation is 1. The molecule has 0 spiro atoms. The van der Waals surface area contributed by atoms with Crippen LogP contribution in [0.4, 0.5) is 4.79 Å². The van der Waals surface area contributed by atoms with E-state index in [4.69, 9.17) is 0 Å². The zero-order valence-corrected chi connectivity index (χ0v) is 15.4. The van der Waals surface area contributed by atoms with Crippen LogP contribution < -0.4 is 10.6 Å². The summed E-state index contributed by atoms with van der Waals surface area (Å²) in [4.78, 5) is 17.0. The predicted octanol–water partition coefficient (Wildman–Crippen LogP) is 3.74. The lowest BCUT2D eigenvalue weighted by Gasteiger charge is -2.19. The van der Waals surface area contributed by atoms with Crippen molar-refractivity contribution in [2.45, 2.75) is 58.7 Å². The maximum Gasteiger partial charge on any atom is 0.315 e. The monoisotopic (exact) mass is 347 g/mol. The number of urea groups is 1. The van der Waals surface area contributed by atoms with Gasteiger partial charge in [-0.3, -0.25) is 4.68 Å². The molecule has 1 aliphatic rings. The van der Waals surface area contributed by atoms with Crippen molar-refractivity contribution >= 4 is 17.4 Å². The highest BCUT2D eigenvalue weighted by Crippen LogP contribution is 2.41. The van der Waals surface area contributed by atoms with Crippen molar-refractivity contribution in [3.05, 3.63) is 34.0 Å². The zero-order valence-electron chi connectivity index (χ0n) is 14.6. The third-order valence-electron chi connectivity index (χ3n) is 4.28. The largest absolute Gasteiger partial charge is 0.332 e. The summed E-state index contributed by atoms with van der Waals surface area (Å²) in [6, 6.07) is 0.0985. The fourth-order valence-corrected chi connectivity index (χ4v) is 3.59. The summed E-state index contributed by atoms with van der Waals surface area (Å²) in [6.07, 6.45) is 6.10. The highest BCUT2D eigenvalue weighted by Gasteiger charge is 2.35. The molecule has 1 aliphatic carbocycles. The third-order valence-corrected chi connectivity index (χ3v) is 5.33. The summed E-state index contributed by atoms with van der Waals surface area (Å²) >= 11 is 1.62. The standard InChI is InChI=1S/C17H25N5OS/c1-10(2)22-8-14(7-18-22)12(4)20-17(23)21-15(13-5-6-13)16-19-11(3)9-24-16/h7-10,12-13,15H,5-6H2,1-4H3,(H2,20,21,23)/t12-,15-/m1/s1. The molecule has 0 bridgehead atoms. The van der Waals surface area contributed by atoms with Crippen molar-refractivity contribution in [3.63, 3.8) is 0 Å². The number of aromatic nitrogens is 3. The lowest BCUT2D eigenvalue weighted by atomic mass is 10.2. The number of thiazole rings is 1. The quantitative estimate of drug-likeness (QED) is 0.836. The van der Waals surface area contributed by atoms with Crippen molar-refractivity contribution in [1.29, 1.82) is 0 Å². The average molecular weight is 347 g/mol. The van der Waals surface area contributed by atoms with Crippen molar-refractivity contribution in [1.82, 2.24) is 25.4 Å². The molecule has 0 unspecified atom stereocenters. The second kappa shape index (κ2) is 6.93. The molecule has 0 aromatic carbocycles. The van der Waals surface area contributed by atoms with Crippen LogP contribution in [0.25, 0.3) is 0 Å². The van der Waals surface area contributed by atoms with E-state index in [1.54, 1.807) is 11.3 Å². The second-order valence-corrected chi connectivity index (χ2v) is 7.72. The molecular formula is C17H25N5OS. The van der Waals surface area contributed by atoms with Crippen molar-refractivity contribution in [2.24, 2.45) is 5.92 Å². The molecule has 1 fully saturated rings. The highest BCUT2D eigenvalue weighted by molar-refractivity contribution is 7.09. The Kier molecular flexibility index (Phi) is 4.89. The van der Waals surface area contributed by atoms with E-state index < -0.39 is 0 Å². The topological polar surface area (TPSA) is 71.8 Å². The van der Waals surface area contributed by atoms with Crippen molar-refractivity contribution < 1.29 is 4.79 Å². The van der Waals surface area contributed by atoms with E-state index in [1.165, 1.54) is 0 Å². The van der Waals surface area contributed by atoms with E-state index >= 15 is 0 Å². The fraction of sp³-hybridized carbons (Fsp3) is 0.588. The highest BCUT2D eigenvalue weighted by atomic mass is 32.1. The Balaban J connectivity index is 1.61. The van der Waals surface area contributed by atoms with Gasteiger partial charge in [0, 0.05) is 28.9 Å². The maximum atomic E-state index is 12.4. The lowest BCUT2D eigenvalue weighted by molar-refractivity contribution is 0.232. The molecular weight excluding hydrogens is 322 g/mol. The van der Waals surface area contributed by atoms with Crippen molar-refractivity contribution in [3.8, 4) is 0 Å². The summed E-state index contributed by atoms with van der Waals surface area (Å²) in [6.45, 7) is 8.12. The first-order valence-corrected chi connectivity index (χ1v) is 9.35. The summed E-state index contributed by atoms with van der Waals surface area (Å²) in [7, 11) is 0. The van der Waals surface area contributed by atoms with E-state index in [9.17, 15) is 4.79 Å². The van der Waals surface area contributed by atoms with Crippen LogP contribution >= 0.6 is 11.3 Å². The van der Waals surface area contributed by atoms with Crippen molar-refractivity contribution in [2.75, 3.05) is 0 Å². The molecule has 2 aromatic heterocycles. The number of amides is 2. The van der Waals surface area contributed by atoms with Crippen LogP contribution in [0, 0.1) is 12.8 Å². The molecule has 2 heterocycles. The number of carbonyl (C=O) groups is 1. The van der Waals surface area contributed by atoms with Gasteiger partial charge in [0.1, 0.15) is 5.01 Å². The first-order chi connectivity index (χ1) is 11.4. The van der Waals surface area contributed by atoms with E-state index in [-0.39, 0.29) is 18.1 Å². The van der Waals surface area contributed by atoms with Gasteiger partial charge < -0.3 is 10.6 Å². The van der Waals surface area contributed by atoms with E-state index in [0.29, 0.717) is 12.0 Å². The van der Waals surface area contributed by atoms with Gasteiger partial charge in [0.2, 0.25) is 0 Å². The first-order valence-electron chi connectivity index (χ1n) is 8.47. The van der Waals surface area contributed by atoms with Crippen LogP contribution in [0.15, 0.2) is 17.8 Å². The first kappa shape index (κ1) is 17.0. The normalized spacial score (nSPS) is 16.9. The molecule has 7 heteroatoms. The Morgan fingerprint density at radius 3 is 2.62 bits per heavy atom. The number of rotatable bonds is 6. The fourth-order valence-electron chi connectivity index (χ4n) is 2.65. The molecule has 24 heavy (non-hydrogen) atoms. The Morgan fingerprint density at radius 1 is 1.33 bits per heavy atom. The van der Waals surface area contributed by atoms with Gasteiger partial charge in [-0.25, -0.2) is 9.78 Å². The Hall–Kier alpha value is -1.89. The Bertz CT molecular complexity index is 703. The minimum absolute atomic E-state index is 0.0225. The minimum Gasteiger partial charge on any atom is -0.332 e. The minimum atomic E-state index is -0.149. The molecule has 6 nitrogen and oxygen atoms in total. The van der Waals surface area contributed by atoms with E-state index in [0.717, 1.165) is 29.1 Å². The smallest absolute Gasteiger partial charge is 0.315 e. The number of carbonyl (C=O) groups excluding carboxylic acids is 1. The van der Waals surface area contributed by atoms with Crippen LogP contribution in [0.1, 0.15) is 68.0 Å². The molecule has 1 saturated carbocycles. The number of hydrogen-bond donors (Lipinski definition) is 2. The van der Waals surface area contributed by atoms with Crippen LogP contribution in [-0.4, -0.2) is 20.8 Å². The summed E-state index contributed by atoms with van der Waals surface area (Å²) in [5.41, 5.74) is 2.02.